The van der Waals surface area contributed by atoms with E-state index in [0.717, 1.165) is 12.8 Å². The summed E-state index contributed by atoms with van der Waals surface area (Å²) in [6, 6.07) is -0.709. The van der Waals surface area contributed by atoms with Crippen molar-refractivity contribution >= 4 is 5.97 Å². The SMILES string of the molecule is N[C@@H](C(=O)O)[C@@H]1C=CCC1. The molecule has 0 heterocycles. The molecule has 0 bridgehead atoms. The van der Waals surface area contributed by atoms with Gasteiger partial charge in [-0.3, -0.25) is 4.79 Å². The van der Waals surface area contributed by atoms with Crippen molar-refractivity contribution in [3.63, 3.8) is 0 Å². The lowest BCUT2D eigenvalue weighted by molar-refractivity contribution is -0.139. The number of hydrogen-bond acceptors (Lipinski definition) is 2. The average molecular weight is 141 g/mol. The Hall–Kier alpha value is -0.830. The first kappa shape index (κ1) is 7.28. The van der Waals surface area contributed by atoms with Gasteiger partial charge in [0.05, 0.1) is 0 Å². The highest BCUT2D eigenvalue weighted by atomic mass is 16.4. The summed E-state index contributed by atoms with van der Waals surface area (Å²) in [5, 5.41) is 8.48. The highest BCUT2D eigenvalue weighted by Crippen LogP contribution is 2.19. The van der Waals surface area contributed by atoms with Crippen LogP contribution in [-0.2, 0) is 4.79 Å². The summed E-state index contributed by atoms with van der Waals surface area (Å²) in [5.41, 5.74) is 5.37. The van der Waals surface area contributed by atoms with E-state index in [4.69, 9.17) is 10.8 Å². The van der Waals surface area contributed by atoms with Gasteiger partial charge in [0, 0.05) is 5.92 Å². The van der Waals surface area contributed by atoms with Gasteiger partial charge in [0.2, 0.25) is 0 Å². The van der Waals surface area contributed by atoms with Gasteiger partial charge in [0.15, 0.2) is 0 Å². The van der Waals surface area contributed by atoms with Gasteiger partial charge >= 0.3 is 5.97 Å². The summed E-state index contributed by atoms with van der Waals surface area (Å²) >= 11 is 0. The maximum atomic E-state index is 10.3. The summed E-state index contributed by atoms with van der Waals surface area (Å²) in [6.07, 6.45) is 5.71. The van der Waals surface area contributed by atoms with Crippen molar-refractivity contribution < 1.29 is 9.90 Å². The highest BCUT2D eigenvalue weighted by molar-refractivity contribution is 5.73. The molecule has 1 rings (SSSR count). The van der Waals surface area contributed by atoms with Crippen molar-refractivity contribution in [3.05, 3.63) is 12.2 Å². The lowest BCUT2D eigenvalue weighted by Crippen LogP contribution is -2.36. The van der Waals surface area contributed by atoms with E-state index in [0.29, 0.717) is 0 Å². The van der Waals surface area contributed by atoms with E-state index in [9.17, 15) is 4.79 Å². The predicted octanol–water partition coefficient (Wildman–Crippen LogP) is 0.364. The van der Waals surface area contributed by atoms with Crippen molar-refractivity contribution in [2.24, 2.45) is 11.7 Å². The zero-order valence-corrected chi connectivity index (χ0v) is 5.66. The third kappa shape index (κ3) is 1.36. The molecule has 0 saturated heterocycles. The molecule has 1 aliphatic carbocycles. The van der Waals surface area contributed by atoms with E-state index in [1.807, 2.05) is 12.2 Å². The fourth-order valence-electron chi connectivity index (χ4n) is 1.14. The number of rotatable bonds is 2. The van der Waals surface area contributed by atoms with Gasteiger partial charge in [-0.25, -0.2) is 0 Å². The van der Waals surface area contributed by atoms with E-state index in [1.165, 1.54) is 0 Å². The molecule has 2 atom stereocenters. The first-order valence-electron chi connectivity index (χ1n) is 3.37. The van der Waals surface area contributed by atoms with Crippen LogP contribution in [0.1, 0.15) is 12.8 Å². The molecule has 10 heavy (non-hydrogen) atoms. The third-order valence-electron chi connectivity index (χ3n) is 1.80. The molecule has 0 fully saturated rings. The minimum absolute atomic E-state index is 0.0532. The molecule has 0 aromatic heterocycles. The summed E-state index contributed by atoms with van der Waals surface area (Å²) in [7, 11) is 0. The average Bonchev–Trinajstić information content (AvgIpc) is 2.36. The smallest absolute Gasteiger partial charge is 0.321 e. The van der Waals surface area contributed by atoms with Crippen LogP contribution in [0.4, 0.5) is 0 Å². The van der Waals surface area contributed by atoms with E-state index >= 15 is 0 Å². The van der Waals surface area contributed by atoms with Gasteiger partial charge in [0.1, 0.15) is 6.04 Å². The first-order chi connectivity index (χ1) is 4.72. The summed E-state index contributed by atoms with van der Waals surface area (Å²) in [4.78, 5) is 10.3. The number of aliphatic carboxylic acids is 1. The Kier molecular flexibility index (Phi) is 2.06. The Balaban J connectivity index is 2.48. The molecule has 3 nitrogen and oxygen atoms in total. The number of hydrogen-bond donors (Lipinski definition) is 2. The second kappa shape index (κ2) is 2.84. The van der Waals surface area contributed by atoms with Crippen LogP contribution < -0.4 is 5.73 Å². The van der Waals surface area contributed by atoms with Crippen LogP contribution in [-0.4, -0.2) is 17.1 Å². The van der Waals surface area contributed by atoms with Crippen LogP contribution in [0.15, 0.2) is 12.2 Å². The van der Waals surface area contributed by atoms with Gasteiger partial charge in [-0.15, -0.1) is 0 Å². The van der Waals surface area contributed by atoms with Crippen LogP contribution >= 0.6 is 0 Å². The van der Waals surface area contributed by atoms with Crippen LogP contribution in [0.5, 0.6) is 0 Å². The maximum absolute atomic E-state index is 10.3. The van der Waals surface area contributed by atoms with Crippen LogP contribution in [0.25, 0.3) is 0 Å². The monoisotopic (exact) mass is 141 g/mol. The Labute approximate surface area is 59.5 Å². The molecule has 56 valence electrons. The zero-order valence-electron chi connectivity index (χ0n) is 5.66. The van der Waals surface area contributed by atoms with Crippen molar-refractivity contribution in [1.29, 1.82) is 0 Å². The van der Waals surface area contributed by atoms with Gasteiger partial charge in [-0.05, 0) is 12.8 Å². The summed E-state index contributed by atoms with van der Waals surface area (Å²) < 4.78 is 0. The fraction of sp³-hybridized carbons (Fsp3) is 0.571. The second-order valence-corrected chi connectivity index (χ2v) is 2.53. The molecular formula is C7H11NO2. The van der Waals surface area contributed by atoms with Gasteiger partial charge in [0.25, 0.3) is 0 Å². The van der Waals surface area contributed by atoms with Gasteiger partial charge < -0.3 is 10.8 Å². The summed E-state index contributed by atoms with van der Waals surface area (Å²) in [6.45, 7) is 0. The highest BCUT2D eigenvalue weighted by Gasteiger charge is 2.23. The maximum Gasteiger partial charge on any atom is 0.321 e. The van der Waals surface area contributed by atoms with Crippen molar-refractivity contribution in [1.82, 2.24) is 0 Å². The van der Waals surface area contributed by atoms with Crippen molar-refractivity contribution in [2.75, 3.05) is 0 Å². The molecule has 0 radical (unpaired) electrons. The molecular weight excluding hydrogens is 130 g/mol. The van der Waals surface area contributed by atoms with Crippen molar-refractivity contribution in [3.8, 4) is 0 Å². The molecule has 0 aliphatic heterocycles. The number of allylic oxidation sites excluding steroid dienone is 1. The lowest BCUT2D eigenvalue weighted by Gasteiger charge is -2.11. The number of carbonyl (C=O) groups is 1. The first-order valence-corrected chi connectivity index (χ1v) is 3.37. The molecule has 0 saturated carbocycles. The fourth-order valence-corrected chi connectivity index (χ4v) is 1.14. The van der Waals surface area contributed by atoms with Crippen LogP contribution in [0.2, 0.25) is 0 Å². The number of nitrogens with two attached hydrogens (primary N) is 1. The quantitative estimate of drug-likeness (QED) is 0.546. The van der Waals surface area contributed by atoms with Crippen LogP contribution in [0.3, 0.4) is 0 Å². The second-order valence-electron chi connectivity index (χ2n) is 2.53. The molecule has 0 spiro atoms. The molecule has 0 unspecified atom stereocenters. The zero-order chi connectivity index (χ0) is 7.56. The Bertz CT molecular complexity index is 165. The van der Waals surface area contributed by atoms with E-state index < -0.39 is 12.0 Å². The molecule has 1 aliphatic rings. The predicted molar refractivity (Wildman–Crippen MR) is 37.5 cm³/mol. The summed E-state index contributed by atoms with van der Waals surface area (Å²) in [5.74, 6) is -0.853. The number of carboxylic acid groups (broad SMARTS) is 1. The number of carboxylic acids is 1. The van der Waals surface area contributed by atoms with E-state index in [1.54, 1.807) is 0 Å². The standard InChI is InChI=1S/C7H11NO2/c8-6(7(9)10)5-3-1-2-4-5/h1,3,5-6H,2,4,8H2,(H,9,10)/t5-,6-/m1/s1. The van der Waals surface area contributed by atoms with Crippen LogP contribution in [0, 0.1) is 5.92 Å². The van der Waals surface area contributed by atoms with Gasteiger partial charge in [-0.1, -0.05) is 12.2 Å². The van der Waals surface area contributed by atoms with Crippen molar-refractivity contribution in [2.45, 2.75) is 18.9 Å². The normalized spacial score (nSPS) is 26.7. The van der Waals surface area contributed by atoms with E-state index in [2.05, 4.69) is 0 Å². The molecule has 0 aromatic carbocycles. The third-order valence-corrected chi connectivity index (χ3v) is 1.80. The topological polar surface area (TPSA) is 63.3 Å². The molecule has 3 N–H and O–H groups in total. The molecule has 3 heteroatoms. The van der Waals surface area contributed by atoms with Gasteiger partial charge in [-0.2, -0.15) is 0 Å². The minimum Gasteiger partial charge on any atom is -0.480 e. The van der Waals surface area contributed by atoms with E-state index in [-0.39, 0.29) is 5.92 Å². The Morgan fingerprint density at radius 3 is 2.90 bits per heavy atom. The Morgan fingerprint density at radius 1 is 1.80 bits per heavy atom. The largest absolute Gasteiger partial charge is 0.480 e. The Morgan fingerprint density at radius 2 is 2.50 bits per heavy atom. The lowest BCUT2D eigenvalue weighted by atomic mass is 10.0. The molecule has 0 amide bonds. The minimum atomic E-state index is -0.906. The molecule has 0 aromatic rings.